The molecule has 0 atom stereocenters. The molecule has 3 rings (SSSR count). The lowest BCUT2D eigenvalue weighted by Gasteiger charge is -2.09. The molecule has 0 fully saturated rings. The molecule has 5 nitrogen and oxygen atoms in total. The van der Waals surface area contributed by atoms with Gasteiger partial charge in [-0.2, -0.15) is 0 Å². The number of rotatable bonds is 4. The Kier molecular flexibility index (Phi) is 5.76. The Bertz CT molecular complexity index is 990. The molecule has 0 saturated heterocycles. The van der Waals surface area contributed by atoms with E-state index in [9.17, 15) is 13.6 Å². The van der Waals surface area contributed by atoms with E-state index >= 15 is 0 Å². The summed E-state index contributed by atoms with van der Waals surface area (Å²) < 4.78 is 39.0. The molecule has 0 radical (unpaired) electrons. The minimum absolute atomic E-state index is 0.0655. The molecule has 3 aromatic rings. The first-order valence-corrected chi connectivity index (χ1v) is 8.91. The van der Waals surface area contributed by atoms with E-state index in [0.29, 0.717) is 21.4 Å². The van der Waals surface area contributed by atoms with Gasteiger partial charge in [0.1, 0.15) is 11.6 Å². The molecule has 140 valence electrons. The van der Waals surface area contributed by atoms with E-state index in [1.807, 2.05) is 0 Å². The molecule has 27 heavy (non-hydrogen) atoms. The molecule has 0 bridgehead atoms. The highest BCUT2D eigenvalue weighted by atomic mass is 79.9. The van der Waals surface area contributed by atoms with Gasteiger partial charge in [-0.05, 0) is 43.3 Å². The lowest BCUT2D eigenvalue weighted by atomic mass is 10.1. The van der Waals surface area contributed by atoms with Gasteiger partial charge in [-0.15, -0.1) is 5.10 Å². The second-order valence-electron chi connectivity index (χ2n) is 5.32. The van der Waals surface area contributed by atoms with Crippen molar-refractivity contribution in [3.05, 3.63) is 63.6 Å². The molecule has 0 spiro atoms. The quantitative estimate of drug-likeness (QED) is 0.467. The van der Waals surface area contributed by atoms with Crippen molar-refractivity contribution in [2.24, 2.45) is 0 Å². The van der Waals surface area contributed by atoms with Gasteiger partial charge in [0.05, 0.1) is 23.0 Å². The molecule has 0 saturated carbocycles. The summed E-state index contributed by atoms with van der Waals surface area (Å²) in [5, 5.41) is 4.07. The van der Waals surface area contributed by atoms with Gasteiger partial charge < -0.3 is 9.47 Å². The average molecular weight is 458 g/mol. The molecular formula is C18H12BrClF2N2O3. The Balaban J connectivity index is 2.12. The maximum Gasteiger partial charge on any atom is 0.515 e. The van der Waals surface area contributed by atoms with Crippen LogP contribution in [0.25, 0.3) is 16.9 Å². The minimum Gasteiger partial charge on any atom is -0.434 e. The Morgan fingerprint density at radius 3 is 2.67 bits per heavy atom. The van der Waals surface area contributed by atoms with Crippen LogP contribution < -0.4 is 4.74 Å². The monoisotopic (exact) mass is 456 g/mol. The number of benzene rings is 2. The number of aromatic nitrogens is 2. The SMILES string of the molecule is CCOC(=O)Oc1cc(-c2cc(F)cc(Br)c2)n(-c2ccc(F)c(Cl)c2)n1. The third-order valence-corrected chi connectivity index (χ3v) is 4.19. The Morgan fingerprint density at radius 1 is 1.22 bits per heavy atom. The zero-order valence-electron chi connectivity index (χ0n) is 13.9. The average Bonchev–Trinajstić information content (AvgIpc) is 3.00. The fourth-order valence-corrected chi connectivity index (χ4v) is 3.00. The van der Waals surface area contributed by atoms with Crippen LogP contribution in [0.3, 0.4) is 0 Å². The van der Waals surface area contributed by atoms with Crippen LogP contribution in [0.15, 0.2) is 46.9 Å². The molecule has 1 heterocycles. The van der Waals surface area contributed by atoms with Crippen molar-refractivity contribution < 1.29 is 23.0 Å². The van der Waals surface area contributed by atoms with Crippen molar-refractivity contribution in [3.8, 4) is 22.8 Å². The van der Waals surface area contributed by atoms with Gasteiger partial charge in [0.25, 0.3) is 0 Å². The molecular weight excluding hydrogens is 446 g/mol. The van der Waals surface area contributed by atoms with Crippen molar-refractivity contribution in [1.29, 1.82) is 0 Å². The summed E-state index contributed by atoms with van der Waals surface area (Å²) in [6, 6.07) is 9.67. The number of nitrogens with zero attached hydrogens (tertiary/aromatic N) is 2. The highest BCUT2D eigenvalue weighted by molar-refractivity contribution is 9.10. The molecule has 1 aromatic heterocycles. The number of hydrogen-bond acceptors (Lipinski definition) is 4. The fourth-order valence-electron chi connectivity index (χ4n) is 2.36. The number of carbonyl (C=O) groups is 1. The molecule has 0 N–H and O–H groups in total. The van der Waals surface area contributed by atoms with Crippen molar-refractivity contribution in [3.63, 3.8) is 0 Å². The predicted octanol–water partition coefficient (Wildman–Crippen LogP) is 5.77. The molecule has 0 aliphatic carbocycles. The van der Waals surface area contributed by atoms with Crippen LogP contribution in [-0.4, -0.2) is 22.5 Å². The molecule has 0 aliphatic rings. The van der Waals surface area contributed by atoms with Crippen LogP contribution in [0.5, 0.6) is 5.88 Å². The number of ether oxygens (including phenoxy) is 2. The highest BCUT2D eigenvalue weighted by Crippen LogP contribution is 2.31. The van der Waals surface area contributed by atoms with E-state index in [4.69, 9.17) is 21.1 Å². The van der Waals surface area contributed by atoms with Gasteiger partial charge in [0.2, 0.25) is 5.88 Å². The second kappa shape index (κ2) is 8.06. The fraction of sp³-hybridized carbons (Fsp3) is 0.111. The predicted molar refractivity (Wildman–Crippen MR) is 99.3 cm³/mol. The summed E-state index contributed by atoms with van der Waals surface area (Å²) in [4.78, 5) is 11.6. The Hall–Kier alpha value is -2.45. The van der Waals surface area contributed by atoms with Gasteiger partial charge in [0.15, 0.2) is 0 Å². The van der Waals surface area contributed by atoms with E-state index in [1.165, 1.54) is 41.1 Å². The Morgan fingerprint density at radius 2 is 2.00 bits per heavy atom. The van der Waals surface area contributed by atoms with E-state index in [-0.39, 0.29) is 17.5 Å². The number of halogens is 4. The Labute approximate surface area is 166 Å². The lowest BCUT2D eigenvalue weighted by molar-refractivity contribution is 0.102. The smallest absolute Gasteiger partial charge is 0.434 e. The van der Waals surface area contributed by atoms with Crippen LogP contribution in [0, 0.1) is 11.6 Å². The highest BCUT2D eigenvalue weighted by Gasteiger charge is 2.17. The van der Waals surface area contributed by atoms with Crippen LogP contribution in [0.2, 0.25) is 5.02 Å². The van der Waals surface area contributed by atoms with Gasteiger partial charge in [-0.1, -0.05) is 27.5 Å². The molecule has 2 aromatic carbocycles. The summed E-state index contributed by atoms with van der Waals surface area (Å²) >= 11 is 9.09. The first kappa shape index (κ1) is 19.3. The van der Waals surface area contributed by atoms with Crippen LogP contribution in [-0.2, 0) is 4.74 Å². The van der Waals surface area contributed by atoms with E-state index in [0.717, 1.165) is 0 Å². The molecule has 9 heteroatoms. The van der Waals surface area contributed by atoms with Gasteiger partial charge in [-0.3, -0.25) is 0 Å². The van der Waals surface area contributed by atoms with E-state index in [1.54, 1.807) is 13.0 Å². The van der Waals surface area contributed by atoms with Crippen LogP contribution >= 0.6 is 27.5 Å². The topological polar surface area (TPSA) is 53.4 Å². The van der Waals surface area contributed by atoms with Crippen LogP contribution in [0.4, 0.5) is 13.6 Å². The maximum atomic E-state index is 13.8. The number of hydrogen-bond donors (Lipinski definition) is 0. The van der Waals surface area contributed by atoms with Crippen molar-refractivity contribution >= 4 is 33.7 Å². The minimum atomic E-state index is -0.925. The van der Waals surface area contributed by atoms with Gasteiger partial charge in [0, 0.05) is 16.1 Å². The summed E-state index contributed by atoms with van der Waals surface area (Å²) in [5.41, 5.74) is 1.25. The summed E-state index contributed by atoms with van der Waals surface area (Å²) in [6.07, 6.45) is -0.925. The first-order valence-electron chi connectivity index (χ1n) is 7.74. The molecule has 0 aliphatic heterocycles. The van der Waals surface area contributed by atoms with Gasteiger partial charge in [-0.25, -0.2) is 18.3 Å². The number of carbonyl (C=O) groups excluding carboxylic acids is 1. The van der Waals surface area contributed by atoms with E-state index < -0.39 is 17.8 Å². The van der Waals surface area contributed by atoms with Crippen LogP contribution in [0.1, 0.15) is 6.92 Å². The third kappa shape index (κ3) is 4.45. The summed E-state index contributed by atoms with van der Waals surface area (Å²) in [5.74, 6) is -1.13. The zero-order chi connectivity index (χ0) is 19.6. The third-order valence-electron chi connectivity index (χ3n) is 3.44. The second-order valence-corrected chi connectivity index (χ2v) is 6.64. The van der Waals surface area contributed by atoms with E-state index in [2.05, 4.69) is 21.0 Å². The summed E-state index contributed by atoms with van der Waals surface area (Å²) in [7, 11) is 0. The molecule has 0 unspecified atom stereocenters. The zero-order valence-corrected chi connectivity index (χ0v) is 16.2. The van der Waals surface area contributed by atoms with Crippen molar-refractivity contribution in [2.75, 3.05) is 6.61 Å². The lowest BCUT2D eigenvalue weighted by Crippen LogP contribution is -2.10. The van der Waals surface area contributed by atoms with Crippen molar-refractivity contribution in [2.45, 2.75) is 6.92 Å². The molecule has 0 amide bonds. The van der Waals surface area contributed by atoms with Gasteiger partial charge >= 0.3 is 6.16 Å². The maximum absolute atomic E-state index is 13.8. The normalized spacial score (nSPS) is 10.7. The largest absolute Gasteiger partial charge is 0.515 e. The summed E-state index contributed by atoms with van der Waals surface area (Å²) in [6.45, 7) is 1.77. The first-order chi connectivity index (χ1) is 12.9. The van der Waals surface area contributed by atoms with Crippen molar-refractivity contribution in [1.82, 2.24) is 9.78 Å². The standard InChI is InChI=1S/C18H12BrClF2N2O3/c1-2-26-18(25)27-17-9-16(10-5-11(19)7-12(21)6-10)24(23-17)13-3-4-15(22)14(20)8-13/h3-9H,2H2,1H3.